The van der Waals surface area contributed by atoms with Crippen LogP contribution < -0.4 is 0 Å². The Balaban J connectivity index is 1.92. The highest BCUT2D eigenvalue weighted by atomic mass is 79.9. The van der Waals surface area contributed by atoms with Gasteiger partial charge in [0.1, 0.15) is 0 Å². The summed E-state index contributed by atoms with van der Waals surface area (Å²) in [6.45, 7) is 3.14. The zero-order chi connectivity index (χ0) is 16.2. The van der Waals surface area contributed by atoms with Gasteiger partial charge in [-0.3, -0.25) is 4.79 Å². The molecule has 0 aliphatic carbocycles. The lowest BCUT2D eigenvalue weighted by Crippen LogP contribution is -2.01. The van der Waals surface area contributed by atoms with Crippen LogP contribution in [-0.2, 0) is 6.54 Å². The van der Waals surface area contributed by atoms with E-state index >= 15 is 0 Å². The lowest BCUT2D eigenvalue weighted by molar-refractivity contribution is 0.104. The predicted octanol–water partition coefficient (Wildman–Crippen LogP) is 5.83. The van der Waals surface area contributed by atoms with Crippen molar-refractivity contribution < 1.29 is 4.79 Å². The third kappa shape index (κ3) is 3.40. The van der Waals surface area contributed by atoms with Crippen LogP contribution in [0.1, 0.15) is 42.1 Å². The molecule has 0 spiro atoms. The van der Waals surface area contributed by atoms with E-state index in [1.807, 2.05) is 54.7 Å². The molecule has 0 saturated heterocycles. The number of hydrogen-bond acceptors (Lipinski definition) is 1. The van der Waals surface area contributed by atoms with Crippen molar-refractivity contribution in [3.05, 3.63) is 70.5 Å². The third-order valence-electron chi connectivity index (χ3n) is 4.14. The normalized spacial score (nSPS) is 11.0. The molecule has 1 heterocycles. The molecule has 0 aliphatic rings. The van der Waals surface area contributed by atoms with E-state index in [0.29, 0.717) is 0 Å². The molecule has 0 aliphatic heterocycles. The van der Waals surface area contributed by atoms with Crippen LogP contribution in [0, 0.1) is 0 Å². The van der Waals surface area contributed by atoms with Gasteiger partial charge in [-0.05, 0) is 39.2 Å². The Bertz CT molecular complexity index is 829. The van der Waals surface area contributed by atoms with E-state index < -0.39 is 0 Å². The molecule has 118 valence electrons. The van der Waals surface area contributed by atoms with Crippen molar-refractivity contribution in [2.75, 3.05) is 0 Å². The summed E-state index contributed by atoms with van der Waals surface area (Å²) in [7, 11) is 0. The van der Waals surface area contributed by atoms with E-state index in [2.05, 4.69) is 27.4 Å². The number of nitrogens with zero attached hydrogens (tertiary/aromatic N) is 1. The summed E-state index contributed by atoms with van der Waals surface area (Å²) in [5.41, 5.74) is 1.51. The molecule has 1 aromatic heterocycles. The average Bonchev–Trinajstić information content (AvgIpc) is 2.95. The van der Waals surface area contributed by atoms with Crippen LogP contribution in [0.5, 0.6) is 0 Å². The summed E-state index contributed by atoms with van der Waals surface area (Å²) in [6.07, 6.45) is 5.49. The van der Waals surface area contributed by atoms with Crippen LogP contribution in [-0.4, -0.2) is 10.4 Å². The second kappa shape index (κ2) is 7.14. The molecule has 0 fully saturated rings. The maximum absolute atomic E-state index is 12.9. The van der Waals surface area contributed by atoms with Crippen molar-refractivity contribution in [2.24, 2.45) is 0 Å². The van der Waals surface area contributed by atoms with Crippen LogP contribution in [0.15, 0.2) is 59.3 Å². The van der Waals surface area contributed by atoms with Gasteiger partial charge >= 0.3 is 0 Å². The largest absolute Gasteiger partial charge is 0.342 e. The van der Waals surface area contributed by atoms with E-state index in [-0.39, 0.29) is 5.78 Å². The van der Waals surface area contributed by atoms with Crippen LogP contribution >= 0.6 is 15.9 Å². The van der Waals surface area contributed by atoms with Gasteiger partial charge in [0.15, 0.2) is 5.78 Å². The fourth-order valence-electron chi connectivity index (χ4n) is 2.88. The molecule has 0 N–H and O–H groups in total. The summed E-state index contributed by atoms with van der Waals surface area (Å²) in [5, 5.41) is 2.11. The van der Waals surface area contributed by atoms with E-state index in [9.17, 15) is 4.79 Å². The molecule has 3 heteroatoms. The Morgan fingerprint density at radius 1 is 1.09 bits per heavy atom. The summed E-state index contributed by atoms with van der Waals surface area (Å²) in [5.74, 6) is 0.0803. The number of carbonyl (C=O) groups excluding carboxylic acids is 1. The highest BCUT2D eigenvalue weighted by molar-refractivity contribution is 9.10. The molecule has 0 atom stereocenters. The van der Waals surface area contributed by atoms with Crippen molar-refractivity contribution in [1.82, 2.24) is 4.57 Å². The minimum atomic E-state index is 0.0803. The first-order chi connectivity index (χ1) is 11.2. The molecule has 0 radical (unpaired) electrons. The zero-order valence-corrected chi connectivity index (χ0v) is 14.8. The first kappa shape index (κ1) is 16.0. The first-order valence-electron chi connectivity index (χ1n) is 8.09. The van der Waals surface area contributed by atoms with E-state index in [1.165, 1.54) is 12.8 Å². The predicted molar refractivity (Wildman–Crippen MR) is 99.0 cm³/mol. The van der Waals surface area contributed by atoms with Crippen molar-refractivity contribution in [3.8, 4) is 0 Å². The Labute approximate surface area is 145 Å². The topological polar surface area (TPSA) is 22.0 Å². The lowest BCUT2D eigenvalue weighted by atomic mass is 9.99. The Kier molecular flexibility index (Phi) is 4.97. The number of aryl methyl sites for hydroxylation is 1. The molecule has 0 amide bonds. The number of carbonyl (C=O) groups is 1. The molecule has 0 unspecified atom stereocenters. The quantitative estimate of drug-likeness (QED) is 0.396. The van der Waals surface area contributed by atoms with Crippen LogP contribution in [0.25, 0.3) is 10.8 Å². The SMILES string of the molecule is CCCCCn1cc(C(=O)c2cccc3ccccc23)cc1Br. The Hall–Kier alpha value is -1.87. The monoisotopic (exact) mass is 369 g/mol. The minimum absolute atomic E-state index is 0.0803. The lowest BCUT2D eigenvalue weighted by Gasteiger charge is -2.05. The molecule has 23 heavy (non-hydrogen) atoms. The number of unbranched alkanes of at least 4 members (excludes halogenated alkanes) is 2. The van der Waals surface area contributed by atoms with Gasteiger partial charge in [0.2, 0.25) is 0 Å². The Morgan fingerprint density at radius 3 is 2.70 bits per heavy atom. The van der Waals surface area contributed by atoms with Crippen LogP contribution in [0.4, 0.5) is 0 Å². The van der Waals surface area contributed by atoms with Crippen molar-refractivity contribution in [2.45, 2.75) is 32.7 Å². The molecular formula is C20H20BrNO. The molecule has 3 rings (SSSR count). The molecular weight excluding hydrogens is 350 g/mol. The molecule has 3 aromatic rings. The van der Waals surface area contributed by atoms with Gasteiger partial charge in [0.05, 0.1) is 4.60 Å². The first-order valence-corrected chi connectivity index (χ1v) is 8.88. The van der Waals surface area contributed by atoms with E-state index in [0.717, 1.165) is 39.5 Å². The number of hydrogen-bond donors (Lipinski definition) is 0. The van der Waals surface area contributed by atoms with E-state index in [1.54, 1.807) is 0 Å². The summed E-state index contributed by atoms with van der Waals surface area (Å²) < 4.78 is 3.09. The average molecular weight is 370 g/mol. The minimum Gasteiger partial charge on any atom is -0.342 e. The second-order valence-electron chi connectivity index (χ2n) is 5.81. The number of rotatable bonds is 6. The highest BCUT2D eigenvalue weighted by Crippen LogP contribution is 2.24. The molecule has 0 saturated carbocycles. The highest BCUT2D eigenvalue weighted by Gasteiger charge is 2.15. The summed E-state index contributed by atoms with van der Waals surface area (Å²) in [6, 6.07) is 15.8. The van der Waals surface area contributed by atoms with Crippen molar-refractivity contribution in [1.29, 1.82) is 0 Å². The zero-order valence-electron chi connectivity index (χ0n) is 13.3. The number of ketones is 1. The van der Waals surface area contributed by atoms with Gasteiger partial charge in [-0.25, -0.2) is 0 Å². The molecule has 2 nitrogen and oxygen atoms in total. The summed E-state index contributed by atoms with van der Waals surface area (Å²) in [4.78, 5) is 12.9. The van der Waals surface area contributed by atoms with Gasteiger partial charge < -0.3 is 4.57 Å². The second-order valence-corrected chi connectivity index (χ2v) is 6.62. The molecule has 2 aromatic carbocycles. The summed E-state index contributed by atoms with van der Waals surface area (Å²) >= 11 is 3.57. The number of fused-ring (bicyclic) bond motifs is 1. The van der Waals surface area contributed by atoms with Crippen LogP contribution in [0.2, 0.25) is 0 Å². The van der Waals surface area contributed by atoms with Gasteiger partial charge in [0, 0.05) is 23.9 Å². The fourth-order valence-corrected chi connectivity index (χ4v) is 3.41. The van der Waals surface area contributed by atoms with Gasteiger partial charge in [-0.15, -0.1) is 0 Å². The standard InChI is InChI=1S/C20H20BrNO/c1-2-3-6-12-22-14-16(13-19(22)21)20(23)18-11-7-9-15-8-4-5-10-17(15)18/h4-5,7-11,13-14H,2-3,6,12H2,1H3. The van der Waals surface area contributed by atoms with Gasteiger partial charge in [-0.1, -0.05) is 62.2 Å². The van der Waals surface area contributed by atoms with E-state index in [4.69, 9.17) is 0 Å². The van der Waals surface area contributed by atoms with Crippen molar-refractivity contribution in [3.63, 3.8) is 0 Å². The third-order valence-corrected chi connectivity index (χ3v) is 4.83. The maximum Gasteiger partial charge on any atom is 0.195 e. The maximum atomic E-state index is 12.9. The van der Waals surface area contributed by atoms with Crippen LogP contribution in [0.3, 0.4) is 0 Å². The molecule has 0 bridgehead atoms. The van der Waals surface area contributed by atoms with Crippen molar-refractivity contribution >= 4 is 32.5 Å². The van der Waals surface area contributed by atoms with Gasteiger partial charge in [-0.2, -0.15) is 0 Å². The van der Waals surface area contributed by atoms with Gasteiger partial charge in [0.25, 0.3) is 0 Å². The number of aromatic nitrogens is 1. The number of halogens is 1. The fraction of sp³-hybridized carbons (Fsp3) is 0.250. The smallest absolute Gasteiger partial charge is 0.195 e. The Morgan fingerprint density at radius 2 is 1.87 bits per heavy atom. The number of benzene rings is 2.